The molecule has 3 saturated carbocycles. The minimum Gasteiger partial charge on any atom is -0.353 e. The average Bonchev–Trinajstić information content (AvgIpc) is 3.37. The first-order chi connectivity index (χ1) is 14.9. The van der Waals surface area contributed by atoms with Crippen molar-refractivity contribution < 1.29 is 18.9 Å². The van der Waals surface area contributed by atoms with E-state index in [0.29, 0.717) is 17.9 Å². The van der Waals surface area contributed by atoms with Gasteiger partial charge in [-0.2, -0.15) is 12.6 Å². The Bertz CT molecular complexity index is 718. The second kappa shape index (κ2) is 8.01. The molecule has 7 atom stereocenters. The summed E-state index contributed by atoms with van der Waals surface area (Å²) in [6.45, 7) is 9.03. The molecule has 0 N–H and O–H groups in total. The number of allylic oxidation sites excluding steroid dienone is 1. The topological polar surface area (TPSA) is 36.9 Å². The number of methoxy groups -OCH3 is 1. The Morgan fingerprint density at radius 3 is 2.52 bits per heavy atom. The lowest BCUT2D eigenvalue weighted by Crippen LogP contribution is -2.56. The fourth-order valence-electron chi connectivity index (χ4n) is 8.92. The van der Waals surface area contributed by atoms with Gasteiger partial charge in [0.15, 0.2) is 11.6 Å². The number of hydrogen-bond acceptors (Lipinski definition) is 5. The lowest BCUT2D eigenvalue weighted by atomic mass is 9.46. The molecule has 5 heteroatoms. The molecule has 0 aromatic rings. The highest BCUT2D eigenvalue weighted by molar-refractivity contribution is 7.80. The number of fused-ring (bicyclic) bond motifs is 5. The molecule has 5 aliphatic rings. The summed E-state index contributed by atoms with van der Waals surface area (Å²) >= 11 is 4.99. The molecular formula is C26H42O4S. The van der Waals surface area contributed by atoms with E-state index < -0.39 is 5.79 Å². The SMILES string of the molecule is CCOC1(OC)CCC2(CS)C(=CCC3C2CCC2(C)C3CCC2C2(C)OCCO2)C1. The Kier molecular flexibility index (Phi) is 5.87. The van der Waals surface area contributed by atoms with Crippen LogP contribution in [0.4, 0.5) is 0 Å². The van der Waals surface area contributed by atoms with Crippen molar-refractivity contribution in [3.8, 4) is 0 Å². The largest absolute Gasteiger partial charge is 0.353 e. The van der Waals surface area contributed by atoms with E-state index in [1.807, 2.05) is 7.11 Å². The standard InChI is InChI=1S/C26H42O4S/c1-5-28-26(27-4)13-12-25(17-31)18(16-26)6-7-19-20-8-9-22(24(3)29-14-15-30-24)23(20,2)11-10-21(19)25/h6,19-22,31H,5,7-17H2,1-4H3. The molecule has 0 aromatic heterocycles. The Morgan fingerprint density at radius 2 is 1.84 bits per heavy atom. The van der Waals surface area contributed by atoms with Crippen LogP contribution in [-0.2, 0) is 18.9 Å². The zero-order chi connectivity index (χ0) is 21.9. The molecule has 1 aliphatic heterocycles. The van der Waals surface area contributed by atoms with Crippen LogP contribution in [0.2, 0.25) is 0 Å². The van der Waals surface area contributed by atoms with Crippen LogP contribution < -0.4 is 0 Å². The van der Waals surface area contributed by atoms with E-state index in [0.717, 1.165) is 56.0 Å². The maximum Gasteiger partial charge on any atom is 0.171 e. The smallest absolute Gasteiger partial charge is 0.171 e. The van der Waals surface area contributed by atoms with Crippen LogP contribution in [0.25, 0.3) is 0 Å². The first kappa shape index (κ1) is 22.7. The summed E-state index contributed by atoms with van der Waals surface area (Å²) in [5.74, 6) is 2.89. The van der Waals surface area contributed by atoms with Crippen LogP contribution in [0.3, 0.4) is 0 Å². The highest BCUT2D eigenvalue weighted by atomic mass is 32.1. The summed E-state index contributed by atoms with van der Waals surface area (Å²) in [6.07, 6.45) is 11.9. The van der Waals surface area contributed by atoms with Gasteiger partial charge < -0.3 is 18.9 Å². The van der Waals surface area contributed by atoms with Crippen LogP contribution in [0.15, 0.2) is 11.6 Å². The van der Waals surface area contributed by atoms with Crippen molar-refractivity contribution in [1.29, 1.82) is 0 Å². The average molecular weight is 451 g/mol. The van der Waals surface area contributed by atoms with Crippen LogP contribution >= 0.6 is 12.6 Å². The Hall–Kier alpha value is -0.0700. The second-order valence-electron chi connectivity index (χ2n) is 11.3. The molecule has 1 saturated heterocycles. The molecule has 1 heterocycles. The van der Waals surface area contributed by atoms with Crippen molar-refractivity contribution in [3.63, 3.8) is 0 Å². The van der Waals surface area contributed by atoms with Gasteiger partial charge in [-0.05, 0) is 81.3 Å². The van der Waals surface area contributed by atoms with E-state index in [2.05, 4.69) is 26.8 Å². The summed E-state index contributed by atoms with van der Waals surface area (Å²) in [4.78, 5) is 0. The van der Waals surface area contributed by atoms with Crippen LogP contribution in [-0.4, -0.2) is 44.3 Å². The Balaban J connectivity index is 1.44. The molecule has 0 spiro atoms. The Labute approximate surface area is 194 Å². The summed E-state index contributed by atoms with van der Waals surface area (Å²) in [5, 5.41) is 0. The predicted molar refractivity (Wildman–Crippen MR) is 125 cm³/mol. The lowest BCUT2D eigenvalue weighted by Gasteiger charge is -2.60. The van der Waals surface area contributed by atoms with Crippen molar-refractivity contribution >= 4 is 12.6 Å². The summed E-state index contributed by atoms with van der Waals surface area (Å²) in [7, 11) is 1.81. The maximum absolute atomic E-state index is 6.19. The highest BCUT2D eigenvalue weighted by Crippen LogP contribution is 2.68. The van der Waals surface area contributed by atoms with Crippen molar-refractivity contribution in [2.75, 3.05) is 32.7 Å². The van der Waals surface area contributed by atoms with E-state index in [4.69, 9.17) is 31.6 Å². The predicted octanol–water partition coefficient (Wildman–Crippen LogP) is 5.62. The van der Waals surface area contributed by atoms with Crippen molar-refractivity contribution in [3.05, 3.63) is 11.6 Å². The van der Waals surface area contributed by atoms with Crippen molar-refractivity contribution in [2.24, 2.45) is 34.5 Å². The number of ether oxygens (including phenoxy) is 4. The van der Waals surface area contributed by atoms with Gasteiger partial charge in [0.1, 0.15) is 0 Å². The van der Waals surface area contributed by atoms with Crippen LogP contribution in [0.1, 0.15) is 72.1 Å². The van der Waals surface area contributed by atoms with Gasteiger partial charge in [-0.15, -0.1) is 0 Å². The summed E-state index contributed by atoms with van der Waals surface area (Å²) in [6, 6.07) is 0. The molecule has 4 fully saturated rings. The van der Waals surface area contributed by atoms with Gasteiger partial charge in [-0.3, -0.25) is 0 Å². The lowest BCUT2D eigenvalue weighted by molar-refractivity contribution is -0.241. The number of rotatable bonds is 5. The van der Waals surface area contributed by atoms with Gasteiger partial charge >= 0.3 is 0 Å². The third-order valence-corrected chi connectivity index (χ3v) is 11.0. The molecule has 0 aromatic carbocycles. The normalized spacial score (nSPS) is 48.6. The van der Waals surface area contributed by atoms with Crippen molar-refractivity contribution in [2.45, 2.75) is 83.7 Å². The van der Waals surface area contributed by atoms with E-state index in [9.17, 15) is 0 Å². The first-order valence-electron chi connectivity index (χ1n) is 12.6. The Morgan fingerprint density at radius 1 is 1.06 bits per heavy atom. The van der Waals surface area contributed by atoms with Gasteiger partial charge in [0.2, 0.25) is 0 Å². The third kappa shape index (κ3) is 3.24. The number of hydrogen-bond donors (Lipinski definition) is 1. The fraction of sp³-hybridized carbons (Fsp3) is 0.923. The van der Waals surface area contributed by atoms with Crippen molar-refractivity contribution in [1.82, 2.24) is 0 Å². The van der Waals surface area contributed by atoms with E-state index in [1.54, 1.807) is 5.57 Å². The van der Waals surface area contributed by atoms with E-state index >= 15 is 0 Å². The van der Waals surface area contributed by atoms with Gasteiger partial charge in [0.25, 0.3) is 0 Å². The quantitative estimate of drug-likeness (QED) is 0.335. The first-order valence-corrected chi connectivity index (χ1v) is 13.3. The highest BCUT2D eigenvalue weighted by Gasteiger charge is 2.64. The molecule has 0 radical (unpaired) electrons. The summed E-state index contributed by atoms with van der Waals surface area (Å²) < 4.78 is 24.5. The minimum absolute atomic E-state index is 0.217. The molecule has 5 rings (SSSR count). The van der Waals surface area contributed by atoms with Crippen LogP contribution in [0.5, 0.6) is 0 Å². The second-order valence-corrected chi connectivity index (χ2v) is 11.6. The monoisotopic (exact) mass is 450 g/mol. The summed E-state index contributed by atoms with van der Waals surface area (Å²) in [5.41, 5.74) is 2.10. The molecular weight excluding hydrogens is 408 g/mol. The van der Waals surface area contributed by atoms with Gasteiger partial charge in [0, 0.05) is 37.9 Å². The molecule has 31 heavy (non-hydrogen) atoms. The molecule has 0 bridgehead atoms. The van der Waals surface area contributed by atoms with E-state index in [1.165, 1.54) is 32.1 Å². The van der Waals surface area contributed by atoms with Gasteiger partial charge in [-0.1, -0.05) is 18.6 Å². The molecule has 0 amide bonds. The zero-order valence-electron chi connectivity index (χ0n) is 20.0. The van der Waals surface area contributed by atoms with E-state index in [-0.39, 0.29) is 11.2 Å². The fourth-order valence-corrected chi connectivity index (χ4v) is 9.51. The van der Waals surface area contributed by atoms with Gasteiger partial charge in [-0.25, -0.2) is 0 Å². The molecule has 4 aliphatic carbocycles. The third-order valence-electron chi connectivity index (χ3n) is 10.4. The minimum atomic E-state index is -0.437. The van der Waals surface area contributed by atoms with Crippen LogP contribution in [0, 0.1) is 34.5 Å². The zero-order valence-corrected chi connectivity index (χ0v) is 20.8. The van der Waals surface area contributed by atoms with Gasteiger partial charge in [0.05, 0.1) is 13.2 Å². The maximum atomic E-state index is 6.19. The number of thiol groups is 1. The molecule has 4 nitrogen and oxygen atoms in total. The molecule has 7 unspecified atom stereocenters. The molecule has 176 valence electrons.